The number of nitrogens with two attached hydrogens (primary N) is 1. The van der Waals surface area contributed by atoms with Crippen molar-refractivity contribution in [2.24, 2.45) is 11.1 Å². The van der Waals surface area contributed by atoms with Gasteiger partial charge < -0.3 is 15.2 Å². The molecule has 0 aromatic carbocycles. The van der Waals surface area contributed by atoms with Crippen LogP contribution in [0.4, 0.5) is 0 Å². The average molecular weight is 342 g/mol. The number of hydrogen-bond donors (Lipinski definition) is 1. The Kier molecular flexibility index (Phi) is 4.34. The molecule has 2 rings (SSSR count). The van der Waals surface area contributed by atoms with E-state index in [1.54, 1.807) is 17.2 Å². The minimum Gasteiger partial charge on any atom is -0.340 e. The van der Waals surface area contributed by atoms with E-state index in [0.29, 0.717) is 13.1 Å². The smallest absolute Gasteiger partial charge is 0.251 e. The van der Waals surface area contributed by atoms with Crippen molar-refractivity contribution in [2.45, 2.75) is 32.9 Å². The summed E-state index contributed by atoms with van der Waals surface area (Å²) in [5.41, 5.74) is 5.81. The maximum atomic E-state index is 12.3. The average Bonchev–Trinajstić information content (AvgIpc) is 2.37. The number of hydrogen-bond acceptors (Lipinski definition) is 3. The van der Waals surface area contributed by atoms with Crippen LogP contribution in [0.3, 0.4) is 0 Å². The lowest BCUT2D eigenvalue weighted by molar-refractivity contribution is -0.135. The first-order chi connectivity index (χ1) is 9.29. The molecule has 1 saturated heterocycles. The van der Waals surface area contributed by atoms with Crippen molar-refractivity contribution in [1.29, 1.82) is 0 Å². The highest BCUT2D eigenvalue weighted by atomic mass is 79.9. The standard InChI is InChI=1S/C14H20BrN3O2/c1-14(2)9-17(6-5-11(14)16)13(20)8-18-7-10(15)3-4-12(18)19/h3-4,7,11H,5-6,8-9,16H2,1-2H3. The van der Waals surface area contributed by atoms with Crippen LogP contribution in [0.5, 0.6) is 0 Å². The molecule has 2 heterocycles. The first-order valence-electron chi connectivity index (χ1n) is 6.69. The highest BCUT2D eigenvalue weighted by Gasteiger charge is 2.35. The van der Waals surface area contributed by atoms with Gasteiger partial charge in [-0.15, -0.1) is 0 Å². The second-order valence-corrected chi connectivity index (χ2v) is 6.93. The van der Waals surface area contributed by atoms with Crippen LogP contribution in [0.15, 0.2) is 27.6 Å². The normalized spacial score (nSPS) is 21.8. The molecule has 1 aliphatic heterocycles. The highest BCUT2D eigenvalue weighted by Crippen LogP contribution is 2.27. The molecule has 0 bridgehead atoms. The largest absolute Gasteiger partial charge is 0.340 e. The van der Waals surface area contributed by atoms with E-state index in [-0.39, 0.29) is 29.5 Å². The molecule has 1 atom stereocenters. The lowest BCUT2D eigenvalue weighted by atomic mass is 9.79. The van der Waals surface area contributed by atoms with Gasteiger partial charge in [-0.25, -0.2) is 0 Å². The Morgan fingerprint density at radius 3 is 2.85 bits per heavy atom. The Labute approximate surface area is 126 Å². The number of aromatic nitrogens is 1. The first-order valence-corrected chi connectivity index (χ1v) is 7.48. The number of carbonyl (C=O) groups excluding carboxylic acids is 1. The highest BCUT2D eigenvalue weighted by molar-refractivity contribution is 9.10. The molecule has 0 aliphatic carbocycles. The topological polar surface area (TPSA) is 68.3 Å². The maximum Gasteiger partial charge on any atom is 0.251 e. The zero-order valence-electron chi connectivity index (χ0n) is 11.8. The van der Waals surface area contributed by atoms with Crippen molar-refractivity contribution in [2.75, 3.05) is 13.1 Å². The Balaban J connectivity index is 2.09. The zero-order chi connectivity index (χ0) is 14.9. The molecule has 20 heavy (non-hydrogen) atoms. The van der Waals surface area contributed by atoms with Gasteiger partial charge in [-0.05, 0) is 33.8 Å². The molecule has 1 aromatic rings. The molecule has 0 radical (unpaired) electrons. The monoisotopic (exact) mass is 341 g/mol. The molecule has 1 aromatic heterocycles. The van der Waals surface area contributed by atoms with Gasteiger partial charge in [0.25, 0.3) is 5.56 Å². The number of piperidine rings is 1. The summed E-state index contributed by atoms with van der Waals surface area (Å²) in [5.74, 6) is -0.0369. The van der Waals surface area contributed by atoms with Crippen molar-refractivity contribution in [1.82, 2.24) is 9.47 Å². The third-order valence-corrected chi connectivity index (χ3v) is 4.39. The number of carbonyl (C=O) groups is 1. The Hall–Kier alpha value is -1.14. The number of amides is 1. The van der Waals surface area contributed by atoms with Crippen LogP contribution < -0.4 is 11.3 Å². The van der Waals surface area contributed by atoms with Crippen LogP contribution in [-0.2, 0) is 11.3 Å². The van der Waals surface area contributed by atoms with Crippen LogP contribution >= 0.6 is 15.9 Å². The van der Waals surface area contributed by atoms with Crippen molar-refractivity contribution in [3.8, 4) is 0 Å². The minimum absolute atomic E-state index is 0.0369. The van der Waals surface area contributed by atoms with Gasteiger partial charge in [-0.1, -0.05) is 13.8 Å². The minimum atomic E-state index is -0.172. The van der Waals surface area contributed by atoms with Crippen molar-refractivity contribution < 1.29 is 4.79 Å². The molecule has 6 heteroatoms. The second-order valence-electron chi connectivity index (χ2n) is 6.01. The molecule has 110 valence electrons. The fraction of sp³-hybridized carbons (Fsp3) is 0.571. The van der Waals surface area contributed by atoms with E-state index in [0.717, 1.165) is 10.9 Å². The van der Waals surface area contributed by atoms with Gasteiger partial charge in [-0.2, -0.15) is 0 Å². The fourth-order valence-electron chi connectivity index (χ4n) is 2.46. The third-order valence-electron chi connectivity index (χ3n) is 3.92. The molecule has 1 aliphatic rings. The molecule has 1 fully saturated rings. The van der Waals surface area contributed by atoms with Gasteiger partial charge in [0.1, 0.15) is 6.54 Å². The van der Waals surface area contributed by atoms with Gasteiger partial charge >= 0.3 is 0 Å². The Morgan fingerprint density at radius 1 is 1.50 bits per heavy atom. The van der Waals surface area contributed by atoms with Crippen LogP contribution in [0, 0.1) is 5.41 Å². The number of rotatable bonds is 2. The molecular weight excluding hydrogens is 322 g/mol. The van der Waals surface area contributed by atoms with E-state index in [1.807, 2.05) is 0 Å². The van der Waals surface area contributed by atoms with Crippen molar-refractivity contribution >= 4 is 21.8 Å². The van der Waals surface area contributed by atoms with Gasteiger partial charge in [0.05, 0.1) is 0 Å². The molecule has 2 N–H and O–H groups in total. The van der Waals surface area contributed by atoms with Crippen LogP contribution in [0.2, 0.25) is 0 Å². The van der Waals surface area contributed by atoms with E-state index >= 15 is 0 Å². The van der Waals surface area contributed by atoms with E-state index < -0.39 is 0 Å². The summed E-state index contributed by atoms with van der Waals surface area (Å²) in [6.07, 6.45) is 2.44. The maximum absolute atomic E-state index is 12.3. The summed E-state index contributed by atoms with van der Waals surface area (Å²) >= 11 is 3.31. The van der Waals surface area contributed by atoms with Gasteiger partial charge in [-0.3, -0.25) is 9.59 Å². The van der Waals surface area contributed by atoms with E-state index in [9.17, 15) is 9.59 Å². The van der Waals surface area contributed by atoms with Crippen LogP contribution in [0.25, 0.3) is 0 Å². The van der Waals surface area contributed by atoms with Crippen LogP contribution in [0.1, 0.15) is 20.3 Å². The number of likely N-dealkylation sites (tertiary alicyclic amines) is 1. The summed E-state index contributed by atoms with van der Waals surface area (Å²) in [7, 11) is 0. The van der Waals surface area contributed by atoms with E-state index in [1.165, 1.54) is 10.6 Å². The summed E-state index contributed by atoms with van der Waals surface area (Å²) < 4.78 is 2.21. The van der Waals surface area contributed by atoms with E-state index in [2.05, 4.69) is 29.8 Å². The number of halogens is 1. The predicted molar refractivity (Wildman–Crippen MR) is 81.4 cm³/mol. The second kappa shape index (κ2) is 5.69. The Morgan fingerprint density at radius 2 is 2.20 bits per heavy atom. The first kappa shape index (κ1) is 15.3. The summed E-state index contributed by atoms with van der Waals surface area (Å²) in [6, 6.07) is 3.24. The van der Waals surface area contributed by atoms with E-state index in [4.69, 9.17) is 5.73 Å². The molecule has 0 saturated carbocycles. The number of pyridine rings is 1. The van der Waals surface area contributed by atoms with Crippen LogP contribution in [-0.4, -0.2) is 34.5 Å². The summed E-state index contributed by atoms with van der Waals surface area (Å²) in [6.45, 7) is 5.51. The molecule has 1 unspecified atom stereocenters. The quantitative estimate of drug-likeness (QED) is 0.878. The third kappa shape index (κ3) is 3.30. The van der Waals surface area contributed by atoms with Gasteiger partial charge in [0.2, 0.25) is 5.91 Å². The Bertz CT molecular complexity index is 568. The lowest BCUT2D eigenvalue weighted by Gasteiger charge is -2.42. The van der Waals surface area contributed by atoms with Gasteiger partial charge in [0, 0.05) is 35.9 Å². The molecule has 1 amide bonds. The van der Waals surface area contributed by atoms with Crippen molar-refractivity contribution in [3.05, 3.63) is 33.2 Å². The zero-order valence-corrected chi connectivity index (χ0v) is 13.4. The predicted octanol–water partition coefficient (Wildman–Crippen LogP) is 1.20. The SMILES string of the molecule is CC1(C)CN(C(=O)Cn2cc(Br)ccc2=O)CCC1N. The lowest BCUT2D eigenvalue weighted by Crippen LogP contribution is -2.54. The van der Waals surface area contributed by atoms with Crippen molar-refractivity contribution in [3.63, 3.8) is 0 Å². The fourth-order valence-corrected chi connectivity index (χ4v) is 2.84. The summed E-state index contributed by atoms with van der Waals surface area (Å²) in [5, 5.41) is 0. The molecule has 0 spiro atoms. The molecule has 5 nitrogen and oxygen atoms in total. The molecular formula is C14H20BrN3O2. The van der Waals surface area contributed by atoms with Gasteiger partial charge in [0.15, 0.2) is 0 Å². The number of nitrogens with zero attached hydrogens (tertiary/aromatic N) is 2. The summed E-state index contributed by atoms with van der Waals surface area (Å²) in [4.78, 5) is 25.9.